The fourth-order valence-corrected chi connectivity index (χ4v) is 4.61. The lowest BCUT2D eigenvalue weighted by atomic mass is 9.85. The lowest BCUT2D eigenvalue weighted by molar-refractivity contribution is -0.207. The van der Waals surface area contributed by atoms with E-state index in [2.05, 4.69) is 32.2 Å². The average Bonchev–Trinajstić information content (AvgIpc) is 2.88. The molecule has 0 N–H and O–H groups in total. The van der Waals surface area contributed by atoms with E-state index < -0.39 is 23.3 Å². The third-order valence-electron chi connectivity index (χ3n) is 7.04. The molecule has 3 unspecified atom stereocenters. The fourth-order valence-electron chi connectivity index (χ4n) is 4.61. The van der Waals surface area contributed by atoms with Gasteiger partial charge in [-0.2, -0.15) is 5.10 Å². The zero-order chi connectivity index (χ0) is 27.5. The summed E-state index contributed by atoms with van der Waals surface area (Å²) in [5.41, 5.74) is 1.38. The minimum absolute atomic E-state index is 0.0276. The van der Waals surface area contributed by atoms with Crippen molar-refractivity contribution in [1.29, 1.82) is 0 Å². The van der Waals surface area contributed by atoms with Gasteiger partial charge in [-0.25, -0.2) is 17.6 Å². The molecular formula is C28H41BF4N2O2. The van der Waals surface area contributed by atoms with Gasteiger partial charge in [0.1, 0.15) is 7.85 Å². The van der Waals surface area contributed by atoms with Gasteiger partial charge in [0.15, 0.2) is 29.6 Å². The second-order valence-corrected chi connectivity index (χ2v) is 10.1. The van der Waals surface area contributed by atoms with Gasteiger partial charge in [-0.05, 0) is 75.2 Å². The normalized spacial score (nSPS) is 20.2. The summed E-state index contributed by atoms with van der Waals surface area (Å²) in [6.07, 6.45) is 9.00. The van der Waals surface area contributed by atoms with Crippen molar-refractivity contribution in [3.8, 4) is 0 Å². The van der Waals surface area contributed by atoms with Crippen molar-refractivity contribution >= 4 is 20.0 Å². The van der Waals surface area contributed by atoms with Crippen molar-refractivity contribution < 1.29 is 27.0 Å². The number of hydrazone groups is 1. The molecule has 1 saturated heterocycles. The van der Waals surface area contributed by atoms with E-state index in [1.807, 2.05) is 13.1 Å². The monoisotopic (exact) mass is 524 g/mol. The molecule has 1 heterocycles. The molecule has 2 rings (SSSR count). The van der Waals surface area contributed by atoms with Crippen molar-refractivity contribution in [2.24, 2.45) is 11.0 Å². The quantitative estimate of drug-likeness (QED) is 0.0417. The maximum atomic E-state index is 14.1. The minimum atomic E-state index is -1.78. The molecule has 1 fully saturated rings. The van der Waals surface area contributed by atoms with Gasteiger partial charge in [-0.15, -0.1) is 0 Å². The molecule has 1 aliphatic heterocycles. The number of unbranched alkanes of at least 4 members (excludes halogenated alkanes) is 2. The molecule has 1 aromatic carbocycles. The molecule has 37 heavy (non-hydrogen) atoms. The van der Waals surface area contributed by atoms with Gasteiger partial charge in [-0.3, -0.25) is 5.01 Å². The lowest BCUT2D eigenvalue weighted by Gasteiger charge is -2.34. The topological polar surface area (TPSA) is 34.1 Å². The summed E-state index contributed by atoms with van der Waals surface area (Å²) in [7, 11) is 1.24. The molecule has 3 atom stereocenters. The smallest absolute Gasteiger partial charge is 0.197 e. The van der Waals surface area contributed by atoms with Crippen LogP contribution in [0.3, 0.4) is 0 Å². The predicted octanol–water partition coefficient (Wildman–Crippen LogP) is 5.94. The summed E-state index contributed by atoms with van der Waals surface area (Å²) in [4.78, 5) is 0. The molecular weight excluding hydrogens is 483 g/mol. The maximum absolute atomic E-state index is 14.1. The van der Waals surface area contributed by atoms with Crippen LogP contribution in [0.4, 0.5) is 17.6 Å². The average molecular weight is 524 g/mol. The number of rotatable bonds is 15. The van der Waals surface area contributed by atoms with Crippen molar-refractivity contribution in [1.82, 2.24) is 5.01 Å². The van der Waals surface area contributed by atoms with Gasteiger partial charge in [0.2, 0.25) is 0 Å². The van der Waals surface area contributed by atoms with E-state index in [9.17, 15) is 17.6 Å². The van der Waals surface area contributed by atoms with Crippen molar-refractivity contribution in [3.63, 3.8) is 0 Å². The van der Waals surface area contributed by atoms with Crippen molar-refractivity contribution in [3.05, 3.63) is 52.8 Å². The predicted molar refractivity (Wildman–Crippen MR) is 144 cm³/mol. The molecule has 1 aliphatic rings. The van der Waals surface area contributed by atoms with E-state index in [0.717, 1.165) is 50.5 Å². The second-order valence-electron chi connectivity index (χ2n) is 10.1. The highest BCUT2D eigenvalue weighted by Crippen LogP contribution is 2.27. The first-order chi connectivity index (χ1) is 17.6. The Morgan fingerprint density at radius 1 is 1.11 bits per heavy atom. The Morgan fingerprint density at radius 2 is 1.81 bits per heavy atom. The van der Waals surface area contributed by atoms with E-state index in [4.69, 9.17) is 9.47 Å². The lowest BCUT2D eigenvalue weighted by Crippen LogP contribution is -2.35. The van der Waals surface area contributed by atoms with E-state index >= 15 is 0 Å². The zero-order valence-electron chi connectivity index (χ0n) is 22.7. The molecule has 0 saturated carbocycles. The summed E-state index contributed by atoms with van der Waals surface area (Å²) in [6, 6.07) is 0. The molecule has 0 radical (unpaired) electrons. The van der Waals surface area contributed by atoms with E-state index in [1.165, 1.54) is 7.85 Å². The largest absolute Gasteiger partial charge is 0.352 e. The van der Waals surface area contributed by atoms with Gasteiger partial charge in [0.05, 0.1) is 12.7 Å². The number of ether oxygens (including phenoxy) is 2. The first-order valence-electron chi connectivity index (χ1n) is 13.2. The van der Waals surface area contributed by atoms with E-state index in [-0.39, 0.29) is 29.8 Å². The first-order valence-corrected chi connectivity index (χ1v) is 13.2. The van der Waals surface area contributed by atoms with Crippen LogP contribution in [-0.4, -0.2) is 45.1 Å². The summed E-state index contributed by atoms with van der Waals surface area (Å²) >= 11 is 0. The Labute approximate surface area is 220 Å². The Morgan fingerprint density at radius 3 is 2.49 bits per heavy atom. The number of benzene rings is 1. The van der Waals surface area contributed by atoms with Crippen LogP contribution >= 0.6 is 0 Å². The van der Waals surface area contributed by atoms with Crippen molar-refractivity contribution in [2.45, 2.75) is 91.0 Å². The molecule has 0 spiro atoms. The molecule has 0 bridgehead atoms. The molecule has 0 aliphatic carbocycles. The number of nitrogens with zero attached hydrogens (tertiary/aromatic N) is 2. The van der Waals surface area contributed by atoms with Crippen LogP contribution in [0.1, 0.15) is 77.7 Å². The molecule has 1 aromatic rings. The van der Waals surface area contributed by atoms with Crippen LogP contribution < -0.4 is 5.46 Å². The highest BCUT2D eigenvalue weighted by atomic mass is 19.2. The third kappa shape index (κ3) is 9.29. The van der Waals surface area contributed by atoms with Crippen LogP contribution in [0.15, 0.2) is 29.0 Å². The summed E-state index contributed by atoms with van der Waals surface area (Å²) in [6.45, 7) is 15.2. The summed E-state index contributed by atoms with van der Waals surface area (Å²) in [5, 5.41) is 5.87. The molecule has 0 aromatic heterocycles. The zero-order valence-corrected chi connectivity index (χ0v) is 22.7. The Kier molecular flexibility index (Phi) is 12.9. The Bertz CT molecular complexity index is 928. The molecule has 4 nitrogen and oxygen atoms in total. The van der Waals surface area contributed by atoms with Gasteiger partial charge < -0.3 is 9.47 Å². The second kappa shape index (κ2) is 15.3. The molecule has 9 heteroatoms. The summed E-state index contributed by atoms with van der Waals surface area (Å²) in [5.74, 6) is -5.67. The highest BCUT2D eigenvalue weighted by Gasteiger charge is 2.27. The number of hydrogen-bond acceptors (Lipinski definition) is 4. The van der Waals surface area contributed by atoms with Crippen LogP contribution in [0.25, 0.3) is 0 Å². The Balaban J connectivity index is 1.68. The Hall–Kier alpha value is -2.13. The molecule has 206 valence electrons. The van der Waals surface area contributed by atoms with Gasteiger partial charge in [-0.1, -0.05) is 38.0 Å². The SMILES string of the molecule is Bc1c(F)c(F)c(F)c(F)c1CC(=C)CCCCCN(/C=C(\C)CCOC1CCC(C)C(CC)O1)N=C. The van der Waals surface area contributed by atoms with Crippen LogP contribution in [0, 0.1) is 29.2 Å². The van der Waals surface area contributed by atoms with E-state index in [0.29, 0.717) is 31.1 Å². The van der Waals surface area contributed by atoms with Crippen molar-refractivity contribution in [2.75, 3.05) is 13.2 Å². The molecule has 0 amide bonds. The van der Waals surface area contributed by atoms with Gasteiger partial charge in [0, 0.05) is 19.5 Å². The van der Waals surface area contributed by atoms with Crippen LogP contribution in [0.2, 0.25) is 0 Å². The first kappa shape index (κ1) is 31.1. The van der Waals surface area contributed by atoms with E-state index in [1.54, 1.807) is 5.01 Å². The van der Waals surface area contributed by atoms with Gasteiger partial charge >= 0.3 is 0 Å². The van der Waals surface area contributed by atoms with Crippen LogP contribution in [0.5, 0.6) is 0 Å². The summed E-state index contributed by atoms with van der Waals surface area (Å²) < 4.78 is 66.8. The number of allylic oxidation sites excluding steroid dienone is 1. The maximum Gasteiger partial charge on any atom is 0.197 e. The minimum Gasteiger partial charge on any atom is -0.352 e. The fraction of sp³-hybridized carbons (Fsp3) is 0.607. The highest BCUT2D eigenvalue weighted by molar-refractivity contribution is 6.33. The standard InChI is InChI=1S/C28H41BF4N2O2/c1-6-22-20(4)11-12-23(37-22)36-15-13-19(3)17-35(34-5)14-9-7-8-10-18(2)16-21-24(29)26(31)28(33)27(32)25(21)30/h17,20,22-23H,2,5-16,29H2,1,3-4H3/b19-17+. The van der Waals surface area contributed by atoms with Crippen LogP contribution in [-0.2, 0) is 15.9 Å². The number of hydrogen-bond donors (Lipinski definition) is 0. The van der Waals surface area contributed by atoms with Gasteiger partial charge in [0.25, 0.3) is 0 Å². The number of halogens is 4. The third-order valence-corrected chi connectivity index (χ3v) is 7.04.